The van der Waals surface area contributed by atoms with E-state index >= 15 is 0 Å². The zero-order valence-corrected chi connectivity index (χ0v) is 6.12. The Hall–Kier alpha value is -0.830. The highest BCUT2D eigenvalue weighted by Crippen LogP contribution is 2.39. The van der Waals surface area contributed by atoms with Gasteiger partial charge in [0.25, 0.3) is 0 Å². The average Bonchev–Trinajstić information content (AvgIpc) is 2.41. The molecular formula is C8H10O3. The molecule has 1 N–H and O–H groups in total. The molecule has 11 heavy (non-hydrogen) atoms. The maximum Gasteiger partial charge on any atom is 0.334 e. The Kier molecular flexibility index (Phi) is 1.29. The standard InChI is InChI=1S/C8H10O3/c1-4-7-5(9)2-3-6(7)11-8(4)10/h5-7,9H,1-3H2/t5-,6-,7-/m0/s1. The molecule has 0 aromatic carbocycles. The maximum absolute atomic E-state index is 10.9. The third-order valence-corrected chi connectivity index (χ3v) is 2.48. The first kappa shape index (κ1) is 6.85. The second-order valence-electron chi connectivity index (χ2n) is 3.14. The third kappa shape index (κ3) is 0.807. The number of ether oxygens (including phenoxy) is 1. The molecule has 3 atom stereocenters. The predicted molar refractivity (Wildman–Crippen MR) is 37.8 cm³/mol. The van der Waals surface area contributed by atoms with Crippen LogP contribution in [-0.4, -0.2) is 23.3 Å². The molecule has 60 valence electrons. The summed E-state index contributed by atoms with van der Waals surface area (Å²) in [7, 11) is 0. The fourth-order valence-corrected chi connectivity index (χ4v) is 1.88. The quantitative estimate of drug-likeness (QED) is 0.401. The summed E-state index contributed by atoms with van der Waals surface area (Å²) in [6, 6.07) is 0. The number of hydrogen-bond acceptors (Lipinski definition) is 3. The average molecular weight is 154 g/mol. The van der Waals surface area contributed by atoms with Gasteiger partial charge in [0.05, 0.1) is 12.0 Å². The van der Waals surface area contributed by atoms with Crippen LogP contribution in [0.1, 0.15) is 12.8 Å². The molecule has 0 spiro atoms. The Bertz CT molecular complexity index is 221. The van der Waals surface area contributed by atoms with Crippen LogP contribution in [0.4, 0.5) is 0 Å². The maximum atomic E-state index is 10.9. The van der Waals surface area contributed by atoms with Gasteiger partial charge in [0.15, 0.2) is 0 Å². The minimum atomic E-state index is -0.418. The molecule has 0 aromatic rings. The van der Waals surface area contributed by atoms with Gasteiger partial charge in [0.2, 0.25) is 0 Å². The molecule has 3 nitrogen and oxygen atoms in total. The van der Waals surface area contributed by atoms with Gasteiger partial charge in [-0.25, -0.2) is 4.79 Å². The molecule has 1 saturated heterocycles. The molecule has 1 heterocycles. The number of aliphatic hydroxyl groups excluding tert-OH is 1. The van der Waals surface area contributed by atoms with Gasteiger partial charge < -0.3 is 9.84 Å². The highest BCUT2D eigenvalue weighted by atomic mass is 16.6. The highest BCUT2D eigenvalue weighted by Gasteiger charge is 2.46. The van der Waals surface area contributed by atoms with Crippen molar-refractivity contribution >= 4 is 5.97 Å². The van der Waals surface area contributed by atoms with Gasteiger partial charge in [-0.15, -0.1) is 0 Å². The lowest BCUT2D eigenvalue weighted by Gasteiger charge is -2.09. The van der Waals surface area contributed by atoms with E-state index in [1.165, 1.54) is 0 Å². The van der Waals surface area contributed by atoms with Gasteiger partial charge in [0, 0.05) is 5.57 Å². The van der Waals surface area contributed by atoms with Crippen molar-refractivity contribution < 1.29 is 14.6 Å². The monoisotopic (exact) mass is 154 g/mol. The number of aliphatic hydroxyl groups is 1. The van der Waals surface area contributed by atoms with E-state index < -0.39 is 6.10 Å². The molecule has 0 unspecified atom stereocenters. The van der Waals surface area contributed by atoms with Gasteiger partial charge in [-0.1, -0.05) is 6.58 Å². The van der Waals surface area contributed by atoms with Crippen molar-refractivity contribution in [1.29, 1.82) is 0 Å². The van der Waals surface area contributed by atoms with Crippen LogP contribution in [0, 0.1) is 5.92 Å². The number of rotatable bonds is 0. The molecule has 0 radical (unpaired) electrons. The fraction of sp³-hybridized carbons (Fsp3) is 0.625. The summed E-state index contributed by atoms with van der Waals surface area (Å²) < 4.78 is 4.97. The third-order valence-electron chi connectivity index (χ3n) is 2.48. The summed E-state index contributed by atoms with van der Waals surface area (Å²) in [6.45, 7) is 3.59. The number of carbonyl (C=O) groups excluding carboxylic acids is 1. The van der Waals surface area contributed by atoms with Crippen LogP contribution in [0.25, 0.3) is 0 Å². The van der Waals surface area contributed by atoms with Crippen molar-refractivity contribution in [3.8, 4) is 0 Å². The summed E-state index contributed by atoms with van der Waals surface area (Å²) in [5.41, 5.74) is 0.444. The fourth-order valence-electron chi connectivity index (χ4n) is 1.88. The molecule has 1 saturated carbocycles. The summed E-state index contributed by atoms with van der Waals surface area (Å²) >= 11 is 0. The van der Waals surface area contributed by atoms with Crippen molar-refractivity contribution in [3.63, 3.8) is 0 Å². The van der Waals surface area contributed by atoms with E-state index in [-0.39, 0.29) is 18.0 Å². The molecule has 1 aliphatic carbocycles. The molecular weight excluding hydrogens is 144 g/mol. The second-order valence-corrected chi connectivity index (χ2v) is 3.14. The van der Waals surface area contributed by atoms with Crippen LogP contribution in [0.15, 0.2) is 12.2 Å². The van der Waals surface area contributed by atoms with Crippen LogP contribution in [0.5, 0.6) is 0 Å². The van der Waals surface area contributed by atoms with E-state index in [0.717, 1.165) is 12.8 Å². The number of hydrogen-bond donors (Lipinski definition) is 1. The zero-order chi connectivity index (χ0) is 8.01. The van der Waals surface area contributed by atoms with Crippen LogP contribution in [0.2, 0.25) is 0 Å². The SMILES string of the molecule is C=C1C(=O)O[C@H]2CC[C@H](O)[C@H]12. The van der Waals surface area contributed by atoms with Crippen LogP contribution < -0.4 is 0 Å². The summed E-state index contributed by atoms with van der Waals surface area (Å²) in [5, 5.41) is 9.39. The predicted octanol–water partition coefficient (Wildman–Crippen LogP) is 0.239. The Morgan fingerprint density at radius 3 is 2.91 bits per heavy atom. The van der Waals surface area contributed by atoms with E-state index in [4.69, 9.17) is 4.74 Å². The van der Waals surface area contributed by atoms with Crippen molar-refractivity contribution in [3.05, 3.63) is 12.2 Å². The molecule has 3 heteroatoms. The Morgan fingerprint density at radius 1 is 1.55 bits per heavy atom. The Labute approximate surface area is 64.7 Å². The van der Waals surface area contributed by atoms with Crippen molar-refractivity contribution in [2.75, 3.05) is 0 Å². The van der Waals surface area contributed by atoms with Crippen molar-refractivity contribution in [2.24, 2.45) is 5.92 Å². The topological polar surface area (TPSA) is 46.5 Å². The minimum absolute atomic E-state index is 0.0926. The molecule has 0 bridgehead atoms. The van der Waals surface area contributed by atoms with Gasteiger partial charge in [-0.2, -0.15) is 0 Å². The van der Waals surface area contributed by atoms with E-state index in [2.05, 4.69) is 6.58 Å². The molecule has 2 fully saturated rings. The van der Waals surface area contributed by atoms with Crippen LogP contribution in [0.3, 0.4) is 0 Å². The first-order valence-electron chi connectivity index (χ1n) is 3.78. The second kappa shape index (κ2) is 2.08. The normalized spacial score (nSPS) is 42.5. The molecule has 0 amide bonds. The molecule has 2 rings (SSSR count). The Morgan fingerprint density at radius 2 is 2.27 bits per heavy atom. The number of esters is 1. The highest BCUT2D eigenvalue weighted by molar-refractivity contribution is 5.91. The largest absolute Gasteiger partial charge is 0.458 e. The van der Waals surface area contributed by atoms with Gasteiger partial charge in [0.1, 0.15) is 6.10 Å². The van der Waals surface area contributed by atoms with Crippen molar-refractivity contribution in [2.45, 2.75) is 25.0 Å². The van der Waals surface area contributed by atoms with Gasteiger partial charge in [-0.3, -0.25) is 0 Å². The molecule has 0 aromatic heterocycles. The van der Waals surface area contributed by atoms with Gasteiger partial charge >= 0.3 is 5.97 Å². The van der Waals surface area contributed by atoms with E-state index in [9.17, 15) is 9.90 Å². The lowest BCUT2D eigenvalue weighted by atomic mass is 9.98. The van der Waals surface area contributed by atoms with E-state index in [1.54, 1.807) is 0 Å². The van der Waals surface area contributed by atoms with E-state index in [1.807, 2.05) is 0 Å². The zero-order valence-electron chi connectivity index (χ0n) is 6.12. The first-order chi connectivity index (χ1) is 5.20. The van der Waals surface area contributed by atoms with Crippen molar-refractivity contribution in [1.82, 2.24) is 0 Å². The summed E-state index contributed by atoms with van der Waals surface area (Å²) in [6.07, 6.45) is 0.988. The number of fused-ring (bicyclic) bond motifs is 1. The number of carbonyl (C=O) groups is 1. The smallest absolute Gasteiger partial charge is 0.334 e. The molecule has 2 aliphatic rings. The van der Waals surface area contributed by atoms with Gasteiger partial charge in [-0.05, 0) is 12.8 Å². The Balaban J connectivity index is 2.26. The molecule has 1 aliphatic heterocycles. The van der Waals surface area contributed by atoms with Crippen LogP contribution >= 0.6 is 0 Å². The lowest BCUT2D eigenvalue weighted by molar-refractivity contribution is -0.138. The summed E-state index contributed by atoms with van der Waals surface area (Å²) in [4.78, 5) is 10.9. The summed E-state index contributed by atoms with van der Waals surface area (Å²) in [5.74, 6) is -0.457. The van der Waals surface area contributed by atoms with Crippen LogP contribution in [-0.2, 0) is 9.53 Å². The van der Waals surface area contributed by atoms with E-state index in [0.29, 0.717) is 5.57 Å². The minimum Gasteiger partial charge on any atom is -0.458 e. The lowest BCUT2D eigenvalue weighted by Crippen LogP contribution is -2.18. The first-order valence-corrected chi connectivity index (χ1v) is 3.78.